The first-order valence-corrected chi connectivity index (χ1v) is 6.41. The van der Waals surface area contributed by atoms with E-state index in [0.29, 0.717) is 12.1 Å². The molecular formula is C13H23N3O. The van der Waals surface area contributed by atoms with Crippen molar-refractivity contribution in [1.82, 2.24) is 14.9 Å². The van der Waals surface area contributed by atoms with Crippen molar-refractivity contribution in [3.8, 4) is 0 Å². The van der Waals surface area contributed by atoms with Crippen LogP contribution in [-0.4, -0.2) is 29.3 Å². The third kappa shape index (κ3) is 2.38. The molecule has 1 aromatic rings. The number of aromatic nitrogens is 2. The van der Waals surface area contributed by atoms with Crippen LogP contribution in [0.25, 0.3) is 0 Å². The Morgan fingerprint density at radius 1 is 1.53 bits per heavy atom. The van der Waals surface area contributed by atoms with Crippen LogP contribution in [0.15, 0.2) is 12.5 Å². The summed E-state index contributed by atoms with van der Waals surface area (Å²) in [5.41, 5.74) is 1.22. The second kappa shape index (κ2) is 4.78. The predicted molar refractivity (Wildman–Crippen MR) is 68.0 cm³/mol. The molecule has 1 fully saturated rings. The van der Waals surface area contributed by atoms with Crippen molar-refractivity contribution in [3.63, 3.8) is 0 Å². The summed E-state index contributed by atoms with van der Waals surface area (Å²) < 4.78 is 7.91. The van der Waals surface area contributed by atoms with Crippen molar-refractivity contribution < 1.29 is 4.74 Å². The quantitative estimate of drug-likeness (QED) is 0.852. The molecule has 0 amide bonds. The van der Waals surface area contributed by atoms with E-state index in [1.54, 1.807) is 0 Å². The number of nitrogens with one attached hydrogen (secondary N) is 1. The van der Waals surface area contributed by atoms with Crippen molar-refractivity contribution in [1.29, 1.82) is 0 Å². The van der Waals surface area contributed by atoms with Crippen LogP contribution < -0.4 is 5.32 Å². The molecule has 0 radical (unpaired) electrons. The summed E-state index contributed by atoms with van der Waals surface area (Å²) in [7, 11) is 1.99. The van der Waals surface area contributed by atoms with Crippen molar-refractivity contribution in [2.24, 2.45) is 0 Å². The molecule has 1 aliphatic rings. The normalized spacial score (nSPS) is 24.7. The van der Waals surface area contributed by atoms with Crippen molar-refractivity contribution in [2.45, 2.75) is 51.3 Å². The van der Waals surface area contributed by atoms with Crippen LogP contribution in [0.1, 0.15) is 45.3 Å². The van der Waals surface area contributed by atoms with E-state index in [4.69, 9.17) is 4.74 Å². The molecule has 0 unspecified atom stereocenters. The third-order valence-corrected chi connectivity index (χ3v) is 3.80. The van der Waals surface area contributed by atoms with Gasteiger partial charge in [-0.15, -0.1) is 0 Å². The highest BCUT2D eigenvalue weighted by molar-refractivity contribution is 5.13. The predicted octanol–water partition coefficient (Wildman–Crippen LogP) is 2.08. The topological polar surface area (TPSA) is 39.1 Å². The Hall–Kier alpha value is -0.870. The molecule has 4 heteroatoms. The number of rotatable bonds is 5. The number of imidazole rings is 1. The van der Waals surface area contributed by atoms with Crippen LogP contribution >= 0.6 is 0 Å². The number of hydrogen-bond acceptors (Lipinski definition) is 3. The monoisotopic (exact) mass is 237 g/mol. The fourth-order valence-electron chi connectivity index (χ4n) is 2.34. The van der Waals surface area contributed by atoms with Crippen LogP contribution in [0.4, 0.5) is 0 Å². The van der Waals surface area contributed by atoms with E-state index in [0.717, 1.165) is 19.4 Å². The van der Waals surface area contributed by atoms with Crippen LogP contribution in [0, 0.1) is 0 Å². The minimum absolute atomic E-state index is 0.0345. The molecule has 0 bridgehead atoms. The molecule has 0 aromatic carbocycles. The molecule has 4 nitrogen and oxygen atoms in total. The van der Waals surface area contributed by atoms with Gasteiger partial charge in [-0.05, 0) is 40.7 Å². The Kier molecular flexibility index (Phi) is 3.54. The average molecular weight is 237 g/mol. The first-order chi connectivity index (χ1) is 8.08. The van der Waals surface area contributed by atoms with Gasteiger partial charge in [0.15, 0.2) is 0 Å². The van der Waals surface area contributed by atoms with E-state index in [-0.39, 0.29) is 5.54 Å². The maximum absolute atomic E-state index is 5.61. The average Bonchev–Trinajstić information content (AvgIpc) is 2.72. The highest BCUT2D eigenvalue weighted by atomic mass is 16.5. The molecule has 1 aromatic heterocycles. The maximum Gasteiger partial charge on any atom is 0.0951 e. The lowest BCUT2D eigenvalue weighted by atomic mass is 9.88. The van der Waals surface area contributed by atoms with Gasteiger partial charge in [-0.2, -0.15) is 0 Å². The minimum Gasteiger partial charge on any atom is -0.378 e. The molecule has 1 heterocycles. The summed E-state index contributed by atoms with van der Waals surface area (Å²) in [6, 6.07) is 0.552. The molecular weight excluding hydrogens is 214 g/mol. The molecule has 2 rings (SSSR count). The number of ether oxygens (including phenoxy) is 1. The van der Waals surface area contributed by atoms with E-state index >= 15 is 0 Å². The highest BCUT2D eigenvalue weighted by Gasteiger charge is 2.34. The molecule has 17 heavy (non-hydrogen) atoms. The van der Waals surface area contributed by atoms with Crippen LogP contribution in [0.2, 0.25) is 0 Å². The molecule has 1 aliphatic carbocycles. The van der Waals surface area contributed by atoms with Crippen LogP contribution in [0.5, 0.6) is 0 Å². The van der Waals surface area contributed by atoms with E-state index in [1.165, 1.54) is 5.69 Å². The van der Waals surface area contributed by atoms with Gasteiger partial charge in [0, 0.05) is 12.6 Å². The Labute approximate surface area is 103 Å². The lowest BCUT2D eigenvalue weighted by molar-refractivity contribution is -0.0210. The Morgan fingerprint density at radius 2 is 2.24 bits per heavy atom. The molecule has 1 saturated carbocycles. The highest BCUT2D eigenvalue weighted by Crippen LogP contribution is 2.37. The number of nitrogens with zero attached hydrogens (tertiary/aromatic N) is 2. The summed E-state index contributed by atoms with van der Waals surface area (Å²) in [6.07, 6.45) is 6.57. The van der Waals surface area contributed by atoms with E-state index < -0.39 is 0 Å². The molecule has 1 N–H and O–H groups in total. The van der Waals surface area contributed by atoms with Gasteiger partial charge in [-0.1, -0.05) is 0 Å². The third-order valence-electron chi connectivity index (χ3n) is 3.80. The zero-order valence-corrected chi connectivity index (χ0v) is 11.2. The lowest BCUT2D eigenvalue weighted by Crippen LogP contribution is -2.39. The second-order valence-electron chi connectivity index (χ2n) is 5.26. The van der Waals surface area contributed by atoms with Gasteiger partial charge >= 0.3 is 0 Å². The minimum atomic E-state index is -0.0345. The first-order valence-electron chi connectivity index (χ1n) is 6.41. The van der Waals surface area contributed by atoms with E-state index in [9.17, 15) is 0 Å². The standard InChI is InChI=1S/C13H23N3O/c1-5-17-11-6-10(7-11)16-9-15-8-12(16)13(2,3)14-4/h8-11,14H,5-7H2,1-4H3. The van der Waals surface area contributed by atoms with E-state index in [1.807, 2.05) is 19.6 Å². The summed E-state index contributed by atoms with van der Waals surface area (Å²) in [6.45, 7) is 7.23. The van der Waals surface area contributed by atoms with Gasteiger partial charge in [0.25, 0.3) is 0 Å². The van der Waals surface area contributed by atoms with Gasteiger partial charge in [0.1, 0.15) is 0 Å². The second-order valence-corrected chi connectivity index (χ2v) is 5.26. The summed E-state index contributed by atoms with van der Waals surface area (Å²) in [5.74, 6) is 0. The van der Waals surface area contributed by atoms with E-state index in [2.05, 4.69) is 35.6 Å². The van der Waals surface area contributed by atoms with Gasteiger partial charge in [0.2, 0.25) is 0 Å². The maximum atomic E-state index is 5.61. The summed E-state index contributed by atoms with van der Waals surface area (Å²) in [4.78, 5) is 4.29. The zero-order chi connectivity index (χ0) is 12.5. The van der Waals surface area contributed by atoms with Gasteiger partial charge in [-0.3, -0.25) is 0 Å². The molecule has 0 aliphatic heterocycles. The molecule has 0 spiro atoms. The summed E-state index contributed by atoms with van der Waals surface area (Å²) >= 11 is 0. The lowest BCUT2D eigenvalue weighted by Gasteiger charge is -2.38. The fourth-order valence-corrected chi connectivity index (χ4v) is 2.34. The Morgan fingerprint density at radius 3 is 2.82 bits per heavy atom. The Balaban J connectivity index is 2.06. The Bertz CT molecular complexity index is 366. The molecule has 0 atom stereocenters. The van der Waals surface area contributed by atoms with Gasteiger partial charge in [-0.25, -0.2) is 4.98 Å². The van der Waals surface area contributed by atoms with Crippen molar-refractivity contribution in [3.05, 3.63) is 18.2 Å². The smallest absolute Gasteiger partial charge is 0.0951 e. The number of hydrogen-bond donors (Lipinski definition) is 1. The summed E-state index contributed by atoms with van der Waals surface area (Å²) in [5, 5.41) is 3.33. The van der Waals surface area contributed by atoms with Crippen molar-refractivity contribution in [2.75, 3.05) is 13.7 Å². The van der Waals surface area contributed by atoms with Gasteiger partial charge in [0.05, 0.1) is 29.9 Å². The fraction of sp³-hybridized carbons (Fsp3) is 0.769. The largest absolute Gasteiger partial charge is 0.378 e. The van der Waals surface area contributed by atoms with Crippen LogP contribution in [0.3, 0.4) is 0 Å². The van der Waals surface area contributed by atoms with Crippen LogP contribution in [-0.2, 0) is 10.3 Å². The van der Waals surface area contributed by atoms with Crippen molar-refractivity contribution >= 4 is 0 Å². The first kappa shape index (κ1) is 12.6. The molecule has 96 valence electrons. The van der Waals surface area contributed by atoms with Gasteiger partial charge < -0.3 is 14.6 Å². The zero-order valence-electron chi connectivity index (χ0n) is 11.2. The SMILES string of the molecule is CCOC1CC(n2cncc2C(C)(C)NC)C1. The molecule has 0 saturated heterocycles.